The van der Waals surface area contributed by atoms with Gasteiger partial charge in [-0.25, -0.2) is 0 Å². The number of rotatable bonds is 12. The number of piperidine rings is 6. The lowest BCUT2D eigenvalue weighted by atomic mass is 9.44. The van der Waals surface area contributed by atoms with Crippen LogP contribution in [0.2, 0.25) is 0 Å². The van der Waals surface area contributed by atoms with Crippen LogP contribution >= 0.6 is 0 Å². The highest BCUT2D eigenvalue weighted by atomic mass is 16.7. The molecule has 8 aliphatic heterocycles. The number of hydrogen-bond donors (Lipinski definition) is 0. The summed E-state index contributed by atoms with van der Waals surface area (Å²) >= 11 is 0. The van der Waals surface area contributed by atoms with Gasteiger partial charge in [-0.3, -0.25) is 29.4 Å². The minimum Gasteiger partial charge on any atom is -0.351 e. The van der Waals surface area contributed by atoms with Crippen LogP contribution in [-0.2, 0) is 18.9 Å². The summed E-state index contributed by atoms with van der Waals surface area (Å²) in [5.74, 6) is 3.16. The number of likely N-dealkylation sites (tertiary alicyclic amines) is 6. The van der Waals surface area contributed by atoms with E-state index < -0.39 is 0 Å². The fourth-order valence-corrected chi connectivity index (χ4v) is 23.4. The SMILES string of the molecule is C.C.CN1C(C)(C)CC(C(CC(C)(C)C2OCC3(CO2)COC(C(C)(C)CC(C2CC(C)(C)N(C)C(C)(C)C2)(C2CC(C)(C)N(C)C(C)(C)C2)C2CC(C)(C)N(C)C(C)(C)C2)OC3)(C2CC(C)(C)N(C)C(C)(C)C2)C2CC(C)(C)N(C)C(C)(C)C2)CC1(C)C. The van der Waals surface area contributed by atoms with Gasteiger partial charge in [0.1, 0.15) is 0 Å². The first-order chi connectivity index (χ1) is 38.8. The molecule has 0 aromatic rings. The van der Waals surface area contributed by atoms with Gasteiger partial charge < -0.3 is 18.9 Å². The molecule has 0 atom stereocenters. The van der Waals surface area contributed by atoms with Crippen molar-refractivity contribution >= 4 is 0 Å². The smallest absolute Gasteiger partial charge is 0.162 e. The third-order valence-electron chi connectivity index (χ3n) is 29.4. The van der Waals surface area contributed by atoms with E-state index in [-0.39, 0.29) is 121 Å². The van der Waals surface area contributed by atoms with E-state index in [1.54, 1.807) is 0 Å². The Labute approximate surface area is 554 Å². The molecule has 524 valence electrons. The van der Waals surface area contributed by atoms with Gasteiger partial charge in [0.15, 0.2) is 12.6 Å². The molecule has 8 saturated heterocycles. The second kappa shape index (κ2) is 24.0. The van der Waals surface area contributed by atoms with Gasteiger partial charge in [-0.15, -0.1) is 0 Å². The Morgan fingerprint density at radius 3 is 0.506 bits per heavy atom. The third-order valence-corrected chi connectivity index (χ3v) is 29.4. The fraction of sp³-hybridized carbons (Fsp3) is 1.00. The van der Waals surface area contributed by atoms with Crippen LogP contribution in [0, 0.1) is 62.6 Å². The molecule has 8 rings (SSSR count). The molecule has 0 aromatic heterocycles. The molecule has 8 fully saturated rings. The number of ether oxygens (including phenoxy) is 4. The molecule has 0 amide bonds. The van der Waals surface area contributed by atoms with Crippen molar-refractivity contribution in [2.45, 2.75) is 378 Å². The zero-order valence-electron chi connectivity index (χ0n) is 64.2. The number of nitrogens with zero attached hydrogens (tertiary/aromatic N) is 6. The summed E-state index contributed by atoms with van der Waals surface area (Å²) in [6, 6.07) is 0. The van der Waals surface area contributed by atoms with Crippen LogP contribution in [0.4, 0.5) is 0 Å². The fourth-order valence-electron chi connectivity index (χ4n) is 23.4. The first-order valence-electron chi connectivity index (χ1n) is 35.7. The highest BCUT2D eigenvalue weighted by Gasteiger charge is 2.67. The summed E-state index contributed by atoms with van der Waals surface area (Å²) in [5.41, 5.74) is -0.251. The molecule has 1 spiro atoms. The first-order valence-corrected chi connectivity index (χ1v) is 35.7. The molecule has 0 N–H and O–H groups in total. The Bertz CT molecular complexity index is 1940. The van der Waals surface area contributed by atoms with Crippen LogP contribution in [-0.4, -0.2) is 177 Å². The highest BCUT2D eigenvalue weighted by Crippen LogP contribution is 2.69. The van der Waals surface area contributed by atoms with Gasteiger partial charge in [0, 0.05) is 77.3 Å². The largest absolute Gasteiger partial charge is 0.351 e. The topological polar surface area (TPSA) is 56.4 Å². The van der Waals surface area contributed by atoms with Crippen LogP contribution in [0.25, 0.3) is 0 Å². The Hall–Kier alpha value is -0.400. The monoisotopic (exact) mass is 1250 g/mol. The molecule has 0 saturated carbocycles. The molecule has 8 heterocycles. The Kier molecular flexibility index (Phi) is 20.9. The maximum atomic E-state index is 7.40. The zero-order chi connectivity index (χ0) is 66.1. The Morgan fingerprint density at radius 1 is 0.258 bits per heavy atom. The Morgan fingerprint density at radius 2 is 0.382 bits per heavy atom. The Balaban J connectivity index is 0.00000631. The van der Waals surface area contributed by atoms with Gasteiger partial charge >= 0.3 is 0 Å². The van der Waals surface area contributed by atoms with Gasteiger partial charge in [-0.05, 0) is 345 Å². The summed E-state index contributed by atoms with van der Waals surface area (Å²) in [6.07, 6.45) is 15.8. The predicted molar refractivity (Wildman–Crippen MR) is 381 cm³/mol. The average Bonchev–Trinajstić information content (AvgIpc) is 0.735. The van der Waals surface area contributed by atoms with Crippen molar-refractivity contribution in [3.05, 3.63) is 0 Å². The van der Waals surface area contributed by atoms with Crippen molar-refractivity contribution in [1.29, 1.82) is 0 Å². The molecule has 0 unspecified atom stereocenters. The molecule has 89 heavy (non-hydrogen) atoms. The molecular weight excluding hydrogens is 1100 g/mol. The zero-order valence-corrected chi connectivity index (χ0v) is 64.2. The highest BCUT2D eigenvalue weighted by molar-refractivity contribution is 5.18. The quantitative estimate of drug-likeness (QED) is 0.189. The average molecular weight is 1250 g/mol. The summed E-state index contributed by atoms with van der Waals surface area (Å²) in [4.78, 5) is 16.4. The van der Waals surface area contributed by atoms with E-state index in [0.717, 1.165) is 12.8 Å². The van der Waals surface area contributed by atoms with Crippen LogP contribution in [0.1, 0.15) is 299 Å². The lowest BCUT2D eigenvalue weighted by Crippen LogP contribution is -2.69. The van der Waals surface area contributed by atoms with Gasteiger partial charge in [-0.2, -0.15) is 0 Å². The van der Waals surface area contributed by atoms with Gasteiger partial charge in [-0.1, -0.05) is 42.5 Å². The van der Waals surface area contributed by atoms with E-state index in [1.165, 1.54) is 77.0 Å². The molecular formula is C79H154N6O4. The standard InChI is InChI=1S/C77H146N6O4.2CH4/c1-61(2,47-76(53-35-63(5,6)78(29)64(7,8)36-53,54-37-65(9,10)79(30)66(11,12)38-54)55-39-67(13,14)80(31)68(15,16)40-55)59-84-49-75(50-85-59)51-86-60(87-52-75)62(3,4)48-77(56-41-69(17,18)81(32)70(19,20)42-56,57-43-71(21,22)82(33)72(23,24)44-57)58-45-73(25,26)83(34)74(27,28)46-58;;/h53-60H,35-52H2,1-34H3;2*1H4. The van der Waals surface area contributed by atoms with E-state index in [2.05, 4.69) is 266 Å². The van der Waals surface area contributed by atoms with Crippen molar-refractivity contribution < 1.29 is 18.9 Å². The summed E-state index contributed by atoms with van der Waals surface area (Å²) in [6.45, 7) is 73.7. The lowest BCUT2D eigenvalue weighted by molar-refractivity contribution is -0.341. The van der Waals surface area contributed by atoms with Gasteiger partial charge in [0.25, 0.3) is 0 Å². The van der Waals surface area contributed by atoms with Crippen molar-refractivity contribution in [3.8, 4) is 0 Å². The molecule has 8 aliphatic rings. The summed E-state index contributed by atoms with van der Waals surface area (Å²) in [5, 5.41) is 0. The van der Waals surface area contributed by atoms with Crippen molar-refractivity contribution in [2.24, 2.45) is 62.6 Å². The van der Waals surface area contributed by atoms with E-state index >= 15 is 0 Å². The summed E-state index contributed by atoms with van der Waals surface area (Å²) in [7, 11) is 14.5. The molecule has 0 aromatic carbocycles. The van der Waals surface area contributed by atoms with Crippen molar-refractivity contribution in [2.75, 3.05) is 68.7 Å². The van der Waals surface area contributed by atoms with E-state index in [9.17, 15) is 0 Å². The number of hydrogen-bond acceptors (Lipinski definition) is 10. The first kappa shape index (κ1) is 77.6. The lowest BCUT2D eigenvalue weighted by Gasteiger charge is -2.68. The van der Waals surface area contributed by atoms with E-state index in [1.807, 2.05) is 0 Å². The van der Waals surface area contributed by atoms with Crippen LogP contribution < -0.4 is 0 Å². The van der Waals surface area contributed by atoms with E-state index in [0.29, 0.717) is 61.9 Å². The van der Waals surface area contributed by atoms with Crippen molar-refractivity contribution in [1.82, 2.24) is 29.4 Å². The molecule has 10 nitrogen and oxygen atoms in total. The van der Waals surface area contributed by atoms with Crippen LogP contribution in [0.5, 0.6) is 0 Å². The second-order valence-electron chi connectivity index (χ2n) is 41.7. The van der Waals surface area contributed by atoms with Gasteiger partial charge in [0.05, 0.1) is 31.8 Å². The molecule has 0 aliphatic carbocycles. The normalized spacial score (nSPS) is 33.8. The maximum absolute atomic E-state index is 7.40. The molecule has 10 heteroatoms. The molecule has 0 radical (unpaired) electrons. The van der Waals surface area contributed by atoms with E-state index in [4.69, 9.17) is 18.9 Å². The summed E-state index contributed by atoms with van der Waals surface area (Å²) < 4.78 is 29.6. The minimum absolute atomic E-state index is 0. The van der Waals surface area contributed by atoms with Crippen LogP contribution in [0.15, 0.2) is 0 Å². The molecule has 0 bridgehead atoms. The van der Waals surface area contributed by atoms with Crippen LogP contribution in [0.3, 0.4) is 0 Å². The van der Waals surface area contributed by atoms with Gasteiger partial charge in [0.2, 0.25) is 0 Å². The maximum Gasteiger partial charge on any atom is 0.162 e. The van der Waals surface area contributed by atoms with Crippen molar-refractivity contribution in [3.63, 3.8) is 0 Å². The predicted octanol–water partition coefficient (Wildman–Crippen LogP) is 18.2. The third kappa shape index (κ3) is 13.8. The second-order valence-corrected chi connectivity index (χ2v) is 41.7. The minimum atomic E-state index is -0.370.